The zero-order valence-electron chi connectivity index (χ0n) is 8.07. The molecule has 1 amide bonds. The van der Waals surface area contributed by atoms with E-state index in [1.807, 2.05) is 0 Å². The lowest BCUT2D eigenvalue weighted by Crippen LogP contribution is -2.13. The van der Waals surface area contributed by atoms with Gasteiger partial charge in [0.25, 0.3) is 5.91 Å². The molecule has 82 valence electrons. The number of hydrogen-bond donors (Lipinski definition) is 3. The Kier molecular flexibility index (Phi) is 2.50. The van der Waals surface area contributed by atoms with E-state index < -0.39 is 11.7 Å². The number of hydrogen-bond acceptors (Lipinski definition) is 4. The third-order valence-corrected chi connectivity index (χ3v) is 1.80. The maximum absolute atomic E-state index is 12.8. The molecule has 1 aromatic heterocycles. The molecule has 4 N–H and O–H groups in total. The molecule has 1 heterocycles. The summed E-state index contributed by atoms with van der Waals surface area (Å²) in [6.45, 7) is 0. The fourth-order valence-corrected chi connectivity index (χ4v) is 1.13. The van der Waals surface area contributed by atoms with E-state index in [0.29, 0.717) is 5.69 Å². The molecule has 0 radical (unpaired) electrons. The van der Waals surface area contributed by atoms with Crippen LogP contribution in [0.4, 0.5) is 16.0 Å². The highest BCUT2D eigenvalue weighted by molar-refractivity contribution is 6.01. The second-order valence-electron chi connectivity index (χ2n) is 3.01. The summed E-state index contributed by atoms with van der Waals surface area (Å²) in [7, 11) is 0. The van der Waals surface area contributed by atoms with E-state index in [-0.39, 0.29) is 11.8 Å². The van der Waals surface area contributed by atoms with Gasteiger partial charge in [-0.3, -0.25) is 9.89 Å². The molecule has 1 aromatic carbocycles. The van der Waals surface area contributed by atoms with Crippen molar-refractivity contribution in [3.05, 3.63) is 35.9 Å². The average Bonchev–Trinajstić information content (AvgIpc) is 2.65. The topological polar surface area (TPSA) is 96.7 Å². The molecule has 2 rings (SSSR count). The van der Waals surface area contributed by atoms with Crippen LogP contribution in [-0.4, -0.2) is 21.1 Å². The smallest absolute Gasteiger partial charge is 0.293 e. The minimum atomic E-state index is -0.533. The van der Waals surface area contributed by atoms with Gasteiger partial charge in [-0.15, -0.1) is 5.10 Å². The van der Waals surface area contributed by atoms with Crippen LogP contribution in [-0.2, 0) is 0 Å². The molecule has 0 atom stereocenters. The van der Waals surface area contributed by atoms with E-state index in [1.54, 1.807) is 6.07 Å². The highest BCUT2D eigenvalue weighted by Crippen LogP contribution is 2.09. The van der Waals surface area contributed by atoms with Gasteiger partial charge in [0.2, 0.25) is 11.8 Å². The SMILES string of the molecule is Nc1n[nH]c(C(=O)Nc2cccc(F)c2)n1. The summed E-state index contributed by atoms with van der Waals surface area (Å²) in [6, 6.07) is 5.51. The van der Waals surface area contributed by atoms with Crippen molar-refractivity contribution >= 4 is 17.5 Å². The summed E-state index contributed by atoms with van der Waals surface area (Å²) in [6.07, 6.45) is 0. The summed E-state index contributed by atoms with van der Waals surface area (Å²) in [5.41, 5.74) is 5.57. The molecule has 2 aromatic rings. The van der Waals surface area contributed by atoms with Gasteiger partial charge in [0.1, 0.15) is 5.82 Å². The molecule has 0 bridgehead atoms. The van der Waals surface area contributed by atoms with Crippen LogP contribution < -0.4 is 11.1 Å². The lowest BCUT2D eigenvalue weighted by atomic mass is 10.3. The Hall–Kier alpha value is -2.44. The normalized spacial score (nSPS) is 10.1. The number of halogens is 1. The first-order valence-corrected chi connectivity index (χ1v) is 4.40. The number of H-pyrrole nitrogens is 1. The summed E-state index contributed by atoms with van der Waals surface area (Å²) in [5.74, 6) is -1.02. The second-order valence-corrected chi connectivity index (χ2v) is 3.01. The fraction of sp³-hybridized carbons (Fsp3) is 0. The van der Waals surface area contributed by atoms with Gasteiger partial charge in [0.15, 0.2) is 0 Å². The van der Waals surface area contributed by atoms with E-state index in [1.165, 1.54) is 18.2 Å². The van der Waals surface area contributed by atoms with Gasteiger partial charge in [-0.1, -0.05) is 6.07 Å². The minimum Gasteiger partial charge on any atom is -0.366 e. The van der Waals surface area contributed by atoms with Crippen LogP contribution >= 0.6 is 0 Å². The number of rotatable bonds is 2. The molecule has 0 spiro atoms. The van der Waals surface area contributed by atoms with Crippen molar-refractivity contribution in [2.45, 2.75) is 0 Å². The summed E-state index contributed by atoms with van der Waals surface area (Å²) in [5, 5.41) is 8.30. The van der Waals surface area contributed by atoms with Crippen LogP contribution in [0.25, 0.3) is 0 Å². The molecule has 0 saturated carbocycles. The number of nitrogens with zero attached hydrogens (tertiary/aromatic N) is 2. The first kappa shape index (κ1) is 10.1. The number of amides is 1. The number of nitrogens with one attached hydrogen (secondary N) is 2. The molecule has 0 fully saturated rings. The number of benzene rings is 1. The van der Waals surface area contributed by atoms with Crippen molar-refractivity contribution in [2.75, 3.05) is 11.1 Å². The number of nitrogen functional groups attached to an aromatic ring is 1. The van der Waals surface area contributed by atoms with Crippen molar-refractivity contribution in [2.24, 2.45) is 0 Å². The van der Waals surface area contributed by atoms with Gasteiger partial charge in [-0.25, -0.2) is 4.39 Å². The second kappa shape index (κ2) is 3.97. The zero-order valence-corrected chi connectivity index (χ0v) is 8.07. The Bertz CT molecular complexity index is 524. The van der Waals surface area contributed by atoms with Gasteiger partial charge < -0.3 is 11.1 Å². The van der Waals surface area contributed by atoms with E-state index in [4.69, 9.17) is 5.73 Å². The van der Waals surface area contributed by atoms with Crippen molar-refractivity contribution < 1.29 is 9.18 Å². The number of aromatic amines is 1. The molecule has 0 aliphatic heterocycles. The molecule has 0 aliphatic carbocycles. The third kappa shape index (κ3) is 2.14. The van der Waals surface area contributed by atoms with Crippen molar-refractivity contribution in [3.63, 3.8) is 0 Å². The predicted molar refractivity (Wildman–Crippen MR) is 55.1 cm³/mol. The number of carbonyl (C=O) groups excluding carboxylic acids is 1. The van der Waals surface area contributed by atoms with Crippen LogP contribution in [0.1, 0.15) is 10.6 Å². The van der Waals surface area contributed by atoms with E-state index >= 15 is 0 Å². The molecular weight excluding hydrogens is 213 g/mol. The largest absolute Gasteiger partial charge is 0.366 e. The zero-order chi connectivity index (χ0) is 11.5. The van der Waals surface area contributed by atoms with Crippen LogP contribution in [0.3, 0.4) is 0 Å². The van der Waals surface area contributed by atoms with Gasteiger partial charge in [0.05, 0.1) is 0 Å². The Morgan fingerprint density at radius 1 is 1.50 bits per heavy atom. The van der Waals surface area contributed by atoms with Gasteiger partial charge in [0, 0.05) is 5.69 Å². The molecule has 7 heteroatoms. The third-order valence-electron chi connectivity index (χ3n) is 1.80. The summed E-state index contributed by atoms with van der Waals surface area (Å²) in [4.78, 5) is 15.2. The highest BCUT2D eigenvalue weighted by atomic mass is 19.1. The summed E-state index contributed by atoms with van der Waals surface area (Å²) < 4.78 is 12.8. The monoisotopic (exact) mass is 221 g/mol. The quantitative estimate of drug-likeness (QED) is 0.698. The Labute approximate surface area is 89.7 Å². The Balaban J connectivity index is 2.13. The first-order chi connectivity index (χ1) is 7.65. The molecular formula is C9H8FN5O. The molecule has 0 saturated heterocycles. The van der Waals surface area contributed by atoms with E-state index in [9.17, 15) is 9.18 Å². The maximum atomic E-state index is 12.8. The lowest BCUT2D eigenvalue weighted by Gasteiger charge is -2.01. The predicted octanol–water partition coefficient (Wildman–Crippen LogP) is 0.778. The first-order valence-electron chi connectivity index (χ1n) is 4.40. The van der Waals surface area contributed by atoms with Gasteiger partial charge >= 0.3 is 0 Å². The average molecular weight is 221 g/mol. The van der Waals surface area contributed by atoms with Crippen molar-refractivity contribution in [1.82, 2.24) is 15.2 Å². The van der Waals surface area contributed by atoms with Crippen LogP contribution in [0, 0.1) is 5.82 Å². The van der Waals surface area contributed by atoms with Gasteiger partial charge in [-0.05, 0) is 18.2 Å². The van der Waals surface area contributed by atoms with Crippen LogP contribution in [0.5, 0.6) is 0 Å². The number of nitrogens with two attached hydrogens (primary N) is 1. The Morgan fingerprint density at radius 2 is 2.31 bits per heavy atom. The van der Waals surface area contributed by atoms with Crippen LogP contribution in [0.15, 0.2) is 24.3 Å². The van der Waals surface area contributed by atoms with Gasteiger partial charge in [-0.2, -0.15) is 4.98 Å². The maximum Gasteiger partial charge on any atom is 0.293 e. The summed E-state index contributed by atoms with van der Waals surface area (Å²) >= 11 is 0. The molecule has 6 nitrogen and oxygen atoms in total. The molecule has 0 aliphatic rings. The Morgan fingerprint density at radius 3 is 2.94 bits per heavy atom. The van der Waals surface area contributed by atoms with E-state index in [2.05, 4.69) is 20.5 Å². The van der Waals surface area contributed by atoms with E-state index in [0.717, 1.165) is 0 Å². The highest BCUT2D eigenvalue weighted by Gasteiger charge is 2.10. The van der Waals surface area contributed by atoms with Crippen LogP contribution in [0.2, 0.25) is 0 Å². The number of anilines is 2. The minimum absolute atomic E-state index is 0.0237. The lowest BCUT2D eigenvalue weighted by molar-refractivity contribution is 0.101. The van der Waals surface area contributed by atoms with Crippen molar-refractivity contribution in [3.8, 4) is 0 Å². The van der Waals surface area contributed by atoms with Crippen molar-refractivity contribution in [1.29, 1.82) is 0 Å². The standard InChI is InChI=1S/C9H8FN5O/c10-5-2-1-3-6(4-5)12-8(16)7-13-9(11)15-14-7/h1-4H,(H,12,16)(H3,11,13,14,15). The number of aromatic nitrogens is 3. The molecule has 16 heavy (non-hydrogen) atoms. The number of carbonyl (C=O) groups is 1. The molecule has 0 unspecified atom stereocenters. The fourth-order valence-electron chi connectivity index (χ4n) is 1.13.